The Labute approximate surface area is 139 Å². The molecule has 2 nitrogen and oxygen atoms in total. The minimum atomic E-state index is 1.19. The summed E-state index contributed by atoms with van der Waals surface area (Å²) in [6.07, 6.45) is 4.98. The zero-order valence-electron chi connectivity index (χ0n) is 13.4. The molecule has 0 saturated carbocycles. The number of H-pyrrole nitrogens is 2. The molecule has 0 atom stereocenters. The molecule has 2 aromatic heterocycles. The molecule has 6 rings (SSSR count). The van der Waals surface area contributed by atoms with Crippen LogP contribution in [0.5, 0.6) is 0 Å². The number of hydrogen-bond donors (Lipinski definition) is 2. The third kappa shape index (κ3) is 1.46. The predicted molar refractivity (Wildman–Crippen MR) is 102 cm³/mol. The van der Waals surface area contributed by atoms with Crippen LogP contribution in [-0.4, -0.2) is 9.97 Å². The first-order valence-electron chi connectivity index (χ1n) is 8.86. The topological polar surface area (TPSA) is 31.6 Å². The molecule has 0 spiro atoms. The smallest absolute Gasteiger partial charge is 0.0569 e. The second-order valence-corrected chi connectivity index (χ2v) is 7.01. The second kappa shape index (κ2) is 4.41. The van der Waals surface area contributed by atoms with Crippen molar-refractivity contribution in [2.45, 2.75) is 25.7 Å². The van der Waals surface area contributed by atoms with Gasteiger partial charge in [0.15, 0.2) is 0 Å². The van der Waals surface area contributed by atoms with Gasteiger partial charge in [-0.25, -0.2) is 0 Å². The largest absolute Gasteiger partial charge is 0.354 e. The fourth-order valence-electron chi connectivity index (χ4n) is 4.73. The number of hydrogen-bond acceptors (Lipinski definition) is 0. The Balaban J connectivity index is 1.98. The molecule has 0 amide bonds. The summed E-state index contributed by atoms with van der Waals surface area (Å²) in [5, 5.41) is 5.53. The van der Waals surface area contributed by atoms with Gasteiger partial charge >= 0.3 is 0 Å². The molecule has 2 heteroatoms. The van der Waals surface area contributed by atoms with Crippen LogP contribution < -0.4 is 0 Å². The summed E-state index contributed by atoms with van der Waals surface area (Å²) in [5.74, 6) is 0. The van der Waals surface area contributed by atoms with Crippen molar-refractivity contribution in [3.63, 3.8) is 0 Å². The molecular weight excluding hydrogens is 292 g/mol. The van der Waals surface area contributed by atoms with E-state index in [1.165, 1.54) is 69.3 Å². The minimum absolute atomic E-state index is 1.19. The summed E-state index contributed by atoms with van der Waals surface area (Å²) in [6.45, 7) is 0. The molecule has 5 aromatic rings. The molecule has 116 valence electrons. The number of nitrogens with one attached hydrogen (secondary N) is 2. The first-order valence-corrected chi connectivity index (χ1v) is 8.86. The SMILES string of the molecule is c1ccc2c(c1)[nH]c1c2c2c(c3[nH]c4ccccc4c31)CCCC2. The highest BCUT2D eigenvalue weighted by atomic mass is 14.8. The molecule has 24 heavy (non-hydrogen) atoms. The highest BCUT2D eigenvalue weighted by Gasteiger charge is 2.22. The van der Waals surface area contributed by atoms with Gasteiger partial charge in [-0.2, -0.15) is 0 Å². The van der Waals surface area contributed by atoms with Gasteiger partial charge in [0.05, 0.1) is 11.0 Å². The lowest BCUT2D eigenvalue weighted by atomic mass is 9.86. The van der Waals surface area contributed by atoms with Crippen molar-refractivity contribution in [3.8, 4) is 0 Å². The van der Waals surface area contributed by atoms with Crippen LogP contribution in [0.25, 0.3) is 43.6 Å². The lowest BCUT2D eigenvalue weighted by molar-refractivity contribution is 0.693. The van der Waals surface area contributed by atoms with Gasteiger partial charge in [-0.1, -0.05) is 36.4 Å². The normalized spacial score (nSPS) is 14.8. The predicted octanol–water partition coefficient (Wildman–Crippen LogP) is 5.83. The van der Waals surface area contributed by atoms with Crippen LogP contribution in [0.3, 0.4) is 0 Å². The molecule has 1 aliphatic rings. The average Bonchev–Trinajstić information content (AvgIpc) is 3.20. The monoisotopic (exact) mass is 310 g/mol. The number of fused-ring (bicyclic) bond motifs is 10. The molecule has 0 bridgehead atoms. The van der Waals surface area contributed by atoms with E-state index >= 15 is 0 Å². The number of aryl methyl sites for hydroxylation is 2. The van der Waals surface area contributed by atoms with Gasteiger partial charge in [-0.05, 0) is 48.9 Å². The summed E-state index contributed by atoms with van der Waals surface area (Å²) in [7, 11) is 0. The summed E-state index contributed by atoms with van der Waals surface area (Å²) in [5.41, 5.74) is 8.26. The average molecular weight is 310 g/mol. The maximum Gasteiger partial charge on any atom is 0.0569 e. The molecule has 0 unspecified atom stereocenters. The van der Waals surface area contributed by atoms with Gasteiger partial charge in [-0.3, -0.25) is 0 Å². The van der Waals surface area contributed by atoms with Crippen molar-refractivity contribution in [3.05, 3.63) is 59.7 Å². The zero-order chi connectivity index (χ0) is 15.7. The van der Waals surface area contributed by atoms with Gasteiger partial charge in [-0.15, -0.1) is 0 Å². The molecule has 0 saturated heterocycles. The van der Waals surface area contributed by atoms with Crippen LogP contribution in [0.2, 0.25) is 0 Å². The van der Waals surface area contributed by atoms with E-state index in [0.717, 1.165) is 0 Å². The number of aromatic amines is 2. The fraction of sp³-hybridized carbons (Fsp3) is 0.182. The Kier molecular flexibility index (Phi) is 2.33. The van der Waals surface area contributed by atoms with Gasteiger partial charge in [0.1, 0.15) is 0 Å². The molecular formula is C22H18N2. The van der Waals surface area contributed by atoms with E-state index in [1.54, 1.807) is 11.1 Å². The summed E-state index contributed by atoms with van der Waals surface area (Å²) >= 11 is 0. The summed E-state index contributed by atoms with van der Waals surface area (Å²) < 4.78 is 0. The van der Waals surface area contributed by atoms with Crippen molar-refractivity contribution in [2.75, 3.05) is 0 Å². The Morgan fingerprint density at radius 2 is 1.17 bits per heavy atom. The van der Waals surface area contributed by atoms with Crippen molar-refractivity contribution in [1.29, 1.82) is 0 Å². The number of benzene rings is 3. The van der Waals surface area contributed by atoms with Crippen LogP contribution in [0.4, 0.5) is 0 Å². The van der Waals surface area contributed by atoms with E-state index in [4.69, 9.17) is 0 Å². The standard InChI is InChI=1S/C22H18N2/c1-2-8-14-13(7-1)19-15-9-3-5-11-17(15)24-22(19)20-16-10-4-6-12-18(16)23-21(14)20/h3-6,9-12,23-24H,1-2,7-8H2. The summed E-state index contributed by atoms with van der Waals surface area (Å²) in [6, 6.07) is 17.4. The van der Waals surface area contributed by atoms with Gasteiger partial charge in [0, 0.05) is 32.6 Å². The number of rotatable bonds is 0. The maximum absolute atomic E-state index is 3.73. The summed E-state index contributed by atoms with van der Waals surface area (Å²) in [4.78, 5) is 7.45. The molecule has 2 N–H and O–H groups in total. The highest BCUT2D eigenvalue weighted by Crippen LogP contribution is 2.42. The van der Waals surface area contributed by atoms with Gasteiger partial charge in [0.25, 0.3) is 0 Å². The number of para-hydroxylation sites is 2. The molecule has 0 fully saturated rings. The van der Waals surface area contributed by atoms with E-state index in [9.17, 15) is 0 Å². The molecule has 1 aliphatic carbocycles. The fourth-order valence-corrected chi connectivity index (χ4v) is 4.73. The van der Waals surface area contributed by atoms with Crippen LogP contribution >= 0.6 is 0 Å². The molecule has 0 aliphatic heterocycles. The Morgan fingerprint density at radius 3 is 1.92 bits per heavy atom. The van der Waals surface area contributed by atoms with Gasteiger partial charge in [0.2, 0.25) is 0 Å². The lowest BCUT2D eigenvalue weighted by Gasteiger charge is -2.18. The van der Waals surface area contributed by atoms with Crippen LogP contribution in [0, 0.1) is 0 Å². The quantitative estimate of drug-likeness (QED) is 0.360. The van der Waals surface area contributed by atoms with Crippen molar-refractivity contribution in [2.24, 2.45) is 0 Å². The third-order valence-corrected chi connectivity index (χ3v) is 5.73. The second-order valence-electron chi connectivity index (χ2n) is 7.01. The van der Waals surface area contributed by atoms with Gasteiger partial charge < -0.3 is 9.97 Å². The van der Waals surface area contributed by atoms with Crippen molar-refractivity contribution in [1.82, 2.24) is 9.97 Å². The molecule has 3 aromatic carbocycles. The molecule has 2 heterocycles. The van der Waals surface area contributed by atoms with Crippen LogP contribution in [-0.2, 0) is 12.8 Å². The van der Waals surface area contributed by atoms with E-state index in [-0.39, 0.29) is 0 Å². The Hall–Kier alpha value is -2.74. The first kappa shape index (κ1) is 12.7. The van der Waals surface area contributed by atoms with Crippen molar-refractivity contribution >= 4 is 43.6 Å². The van der Waals surface area contributed by atoms with Crippen molar-refractivity contribution < 1.29 is 0 Å². The van der Waals surface area contributed by atoms with Crippen LogP contribution in [0.15, 0.2) is 48.5 Å². The maximum atomic E-state index is 3.73. The highest BCUT2D eigenvalue weighted by molar-refractivity contribution is 6.26. The third-order valence-electron chi connectivity index (χ3n) is 5.73. The Bertz CT molecular complexity index is 1250. The minimum Gasteiger partial charge on any atom is -0.354 e. The van der Waals surface area contributed by atoms with E-state index in [2.05, 4.69) is 58.5 Å². The number of aromatic nitrogens is 2. The van der Waals surface area contributed by atoms with Crippen LogP contribution in [0.1, 0.15) is 24.0 Å². The zero-order valence-corrected chi connectivity index (χ0v) is 13.4. The lowest BCUT2D eigenvalue weighted by Crippen LogP contribution is -2.04. The Morgan fingerprint density at radius 1 is 0.583 bits per heavy atom. The van der Waals surface area contributed by atoms with E-state index in [1.807, 2.05) is 0 Å². The van der Waals surface area contributed by atoms with E-state index in [0.29, 0.717) is 0 Å². The first-order chi connectivity index (χ1) is 11.9. The van der Waals surface area contributed by atoms with E-state index < -0.39 is 0 Å². The molecule has 0 radical (unpaired) electrons.